The Labute approximate surface area is 128 Å². The van der Waals surface area contributed by atoms with Gasteiger partial charge in [0.15, 0.2) is 5.69 Å². The van der Waals surface area contributed by atoms with Crippen LogP contribution in [0.2, 0.25) is 0 Å². The van der Waals surface area contributed by atoms with Gasteiger partial charge in [0, 0.05) is 16.7 Å². The number of hydrogen-bond acceptors (Lipinski definition) is 4. The number of fused-ring (bicyclic) bond motifs is 1. The van der Waals surface area contributed by atoms with Crippen LogP contribution in [0.3, 0.4) is 0 Å². The topological polar surface area (TPSA) is 62.2 Å². The summed E-state index contributed by atoms with van der Waals surface area (Å²) >= 11 is 1.89. The van der Waals surface area contributed by atoms with Crippen molar-refractivity contribution in [1.29, 1.82) is 0 Å². The van der Waals surface area contributed by atoms with Crippen molar-refractivity contribution in [3.8, 4) is 0 Å². The minimum Gasteiger partial charge on any atom is -0.477 e. The highest BCUT2D eigenvalue weighted by Crippen LogP contribution is 2.42. The second kappa shape index (κ2) is 5.56. The summed E-state index contributed by atoms with van der Waals surface area (Å²) in [5, 5.41) is 14.5. The molecule has 0 atom stereocenters. The third kappa shape index (κ3) is 2.70. The van der Waals surface area contributed by atoms with Crippen LogP contribution < -0.4 is 5.32 Å². The molecule has 110 valence electrons. The Morgan fingerprint density at radius 1 is 1.43 bits per heavy atom. The van der Waals surface area contributed by atoms with Gasteiger partial charge in [0.1, 0.15) is 5.82 Å². The summed E-state index contributed by atoms with van der Waals surface area (Å²) in [4.78, 5) is 15.5. The molecule has 0 spiro atoms. The molecule has 1 aliphatic carbocycles. The van der Waals surface area contributed by atoms with Crippen molar-refractivity contribution in [2.24, 2.45) is 0 Å². The maximum atomic E-state index is 11.2. The molecule has 1 aliphatic rings. The molecule has 0 bridgehead atoms. The zero-order valence-electron chi connectivity index (χ0n) is 11.9. The maximum Gasteiger partial charge on any atom is 0.354 e. The van der Waals surface area contributed by atoms with Crippen LogP contribution in [0.4, 0.5) is 5.82 Å². The van der Waals surface area contributed by atoms with Crippen LogP contribution in [0.25, 0.3) is 10.8 Å². The third-order valence-corrected chi connectivity index (χ3v) is 5.65. The number of carbonyl (C=O) groups is 1. The lowest BCUT2D eigenvalue weighted by Crippen LogP contribution is -2.40. The van der Waals surface area contributed by atoms with E-state index in [0.717, 1.165) is 17.3 Å². The van der Waals surface area contributed by atoms with Crippen molar-refractivity contribution in [1.82, 2.24) is 4.98 Å². The molecule has 1 aromatic heterocycles. The van der Waals surface area contributed by atoms with Gasteiger partial charge in [0.2, 0.25) is 0 Å². The first-order valence-electron chi connectivity index (χ1n) is 7.06. The minimum absolute atomic E-state index is 0.0861. The van der Waals surface area contributed by atoms with Crippen molar-refractivity contribution >= 4 is 34.3 Å². The zero-order chi connectivity index (χ0) is 14.9. The number of carboxylic acid groups (broad SMARTS) is 1. The van der Waals surface area contributed by atoms with Crippen molar-refractivity contribution in [3.05, 3.63) is 36.0 Å². The Hall–Kier alpha value is -1.75. The van der Waals surface area contributed by atoms with Crippen molar-refractivity contribution in [2.75, 3.05) is 18.1 Å². The number of pyridine rings is 1. The van der Waals surface area contributed by atoms with E-state index in [-0.39, 0.29) is 10.4 Å². The monoisotopic (exact) mass is 302 g/mol. The largest absolute Gasteiger partial charge is 0.477 e. The average Bonchev–Trinajstić information content (AvgIpc) is 2.46. The smallest absolute Gasteiger partial charge is 0.354 e. The molecule has 0 amide bonds. The van der Waals surface area contributed by atoms with E-state index in [0.29, 0.717) is 5.82 Å². The van der Waals surface area contributed by atoms with E-state index in [2.05, 4.69) is 16.6 Å². The quantitative estimate of drug-likeness (QED) is 0.883. The number of nitrogens with one attached hydrogen (secondary N) is 1. The highest BCUT2D eigenvalue weighted by atomic mass is 32.2. The van der Waals surface area contributed by atoms with Crippen LogP contribution >= 0.6 is 11.8 Å². The van der Waals surface area contributed by atoms with Gasteiger partial charge in [-0.25, -0.2) is 9.78 Å². The molecule has 1 aromatic carbocycles. The summed E-state index contributed by atoms with van der Waals surface area (Å²) in [5.74, 6) is -0.321. The van der Waals surface area contributed by atoms with E-state index < -0.39 is 5.97 Å². The molecule has 1 heterocycles. The first-order chi connectivity index (χ1) is 10.1. The molecule has 5 heteroatoms. The highest BCUT2D eigenvalue weighted by molar-refractivity contribution is 8.00. The Kier molecular flexibility index (Phi) is 3.76. The lowest BCUT2D eigenvalue weighted by Gasteiger charge is -2.40. The Balaban J connectivity index is 1.94. The van der Waals surface area contributed by atoms with Gasteiger partial charge in [-0.05, 0) is 30.6 Å². The summed E-state index contributed by atoms with van der Waals surface area (Å²) < 4.78 is 0.280. The lowest BCUT2D eigenvalue weighted by molar-refractivity contribution is 0.0691. The fraction of sp³-hybridized carbons (Fsp3) is 0.375. The molecule has 0 radical (unpaired) electrons. The molecule has 2 N–H and O–H groups in total. The van der Waals surface area contributed by atoms with Crippen LogP contribution in [0.5, 0.6) is 0 Å². The fourth-order valence-electron chi connectivity index (χ4n) is 2.71. The molecule has 4 nitrogen and oxygen atoms in total. The van der Waals surface area contributed by atoms with Crippen LogP contribution in [0, 0.1) is 0 Å². The molecule has 0 aliphatic heterocycles. The first kappa shape index (κ1) is 14.2. The number of aromatic nitrogens is 1. The van der Waals surface area contributed by atoms with Gasteiger partial charge < -0.3 is 10.4 Å². The molecule has 1 saturated carbocycles. The number of anilines is 1. The normalized spacial score (nSPS) is 16.4. The van der Waals surface area contributed by atoms with Crippen molar-refractivity contribution in [3.63, 3.8) is 0 Å². The van der Waals surface area contributed by atoms with E-state index in [1.807, 2.05) is 36.0 Å². The first-order valence-corrected chi connectivity index (χ1v) is 8.28. The van der Waals surface area contributed by atoms with E-state index in [1.165, 1.54) is 19.3 Å². The van der Waals surface area contributed by atoms with Crippen LogP contribution in [0.15, 0.2) is 30.3 Å². The standard InChI is InChI=1S/C16H18N2O2S/c1-21-16(7-4-8-16)10-17-14-12-6-3-2-5-11(12)9-13(18-14)15(19)20/h2-3,5-6,9H,4,7-8,10H2,1H3,(H,17,18)(H,19,20). The van der Waals surface area contributed by atoms with Gasteiger partial charge in [0.25, 0.3) is 0 Å². The Bertz CT molecular complexity index is 678. The molecule has 3 rings (SSSR count). The SMILES string of the molecule is CSC1(CNc2nc(C(=O)O)cc3ccccc23)CCC1. The maximum absolute atomic E-state index is 11.2. The summed E-state index contributed by atoms with van der Waals surface area (Å²) in [6, 6.07) is 9.37. The number of aromatic carboxylic acids is 1. The van der Waals surface area contributed by atoms with E-state index in [1.54, 1.807) is 6.07 Å². The highest BCUT2D eigenvalue weighted by Gasteiger charge is 2.36. The number of carboxylic acids is 1. The molecule has 1 fully saturated rings. The summed E-state index contributed by atoms with van der Waals surface area (Å²) in [6.07, 6.45) is 5.82. The Morgan fingerprint density at radius 3 is 2.81 bits per heavy atom. The molecular weight excluding hydrogens is 284 g/mol. The second-order valence-electron chi connectivity index (χ2n) is 5.48. The average molecular weight is 302 g/mol. The van der Waals surface area contributed by atoms with E-state index in [4.69, 9.17) is 0 Å². The van der Waals surface area contributed by atoms with Crippen LogP contribution in [-0.2, 0) is 0 Å². The number of benzene rings is 1. The summed E-state index contributed by atoms with van der Waals surface area (Å²) in [7, 11) is 0. The lowest BCUT2D eigenvalue weighted by atomic mass is 9.84. The molecule has 0 saturated heterocycles. The molecular formula is C16H18N2O2S. The summed E-state index contributed by atoms with van der Waals surface area (Å²) in [5.41, 5.74) is 0.0861. The van der Waals surface area contributed by atoms with E-state index in [9.17, 15) is 9.90 Å². The van der Waals surface area contributed by atoms with Gasteiger partial charge in [0.05, 0.1) is 0 Å². The zero-order valence-corrected chi connectivity index (χ0v) is 12.7. The predicted molar refractivity (Wildman–Crippen MR) is 87.3 cm³/mol. The number of nitrogens with zero attached hydrogens (tertiary/aromatic N) is 1. The summed E-state index contributed by atoms with van der Waals surface area (Å²) in [6.45, 7) is 0.828. The van der Waals surface area contributed by atoms with Gasteiger partial charge in [-0.15, -0.1) is 0 Å². The van der Waals surface area contributed by atoms with E-state index >= 15 is 0 Å². The molecule has 2 aromatic rings. The second-order valence-corrected chi connectivity index (χ2v) is 6.75. The van der Waals surface area contributed by atoms with Crippen molar-refractivity contribution in [2.45, 2.75) is 24.0 Å². The van der Waals surface area contributed by atoms with Crippen molar-refractivity contribution < 1.29 is 9.90 Å². The fourth-order valence-corrected chi connectivity index (χ4v) is 3.63. The minimum atomic E-state index is -0.993. The van der Waals surface area contributed by atoms with Gasteiger partial charge in [-0.3, -0.25) is 0 Å². The number of rotatable bonds is 5. The van der Waals surface area contributed by atoms with Crippen LogP contribution in [0.1, 0.15) is 29.8 Å². The van der Waals surface area contributed by atoms with Gasteiger partial charge in [-0.2, -0.15) is 11.8 Å². The van der Waals surface area contributed by atoms with Crippen LogP contribution in [-0.4, -0.2) is 33.6 Å². The Morgan fingerprint density at radius 2 is 2.19 bits per heavy atom. The third-order valence-electron chi connectivity index (χ3n) is 4.24. The predicted octanol–water partition coefficient (Wildman–Crippen LogP) is 3.63. The van der Waals surface area contributed by atoms with Gasteiger partial charge in [-0.1, -0.05) is 30.7 Å². The van der Waals surface area contributed by atoms with Gasteiger partial charge >= 0.3 is 5.97 Å². The number of thioether (sulfide) groups is 1. The number of hydrogen-bond donors (Lipinski definition) is 2. The molecule has 0 unspecified atom stereocenters. The molecule has 21 heavy (non-hydrogen) atoms.